The molecule has 0 fully saturated rings. The van der Waals surface area contributed by atoms with Crippen molar-refractivity contribution in [2.24, 2.45) is 7.05 Å². The van der Waals surface area contributed by atoms with Crippen LogP contribution >= 0.6 is 0 Å². The van der Waals surface area contributed by atoms with Crippen LogP contribution in [0.3, 0.4) is 0 Å². The minimum absolute atomic E-state index is 0.376. The fourth-order valence-electron chi connectivity index (χ4n) is 2.82. The molecule has 0 atom stereocenters. The van der Waals surface area contributed by atoms with Gasteiger partial charge in [0.25, 0.3) is 5.91 Å². The van der Waals surface area contributed by atoms with Gasteiger partial charge in [0.15, 0.2) is 6.61 Å². The van der Waals surface area contributed by atoms with Crippen molar-refractivity contribution >= 4 is 28.5 Å². The van der Waals surface area contributed by atoms with E-state index >= 15 is 0 Å². The van der Waals surface area contributed by atoms with Crippen molar-refractivity contribution in [3.05, 3.63) is 59.8 Å². The van der Waals surface area contributed by atoms with E-state index in [1.54, 1.807) is 18.3 Å². The van der Waals surface area contributed by atoms with E-state index in [0.717, 1.165) is 16.5 Å². The molecule has 0 bridgehead atoms. The first-order valence-corrected chi connectivity index (χ1v) is 8.15. The van der Waals surface area contributed by atoms with Gasteiger partial charge in [-0.2, -0.15) is 0 Å². The molecule has 0 aliphatic rings. The first kappa shape index (κ1) is 17.5. The van der Waals surface area contributed by atoms with E-state index in [4.69, 9.17) is 9.47 Å². The van der Waals surface area contributed by atoms with E-state index in [-0.39, 0.29) is 6.61 Å². The molecule has 1 amide bonds. The Morgan fingerprint density at radius 2 is 1.92 bits per heavy atom. The highest BCUT2D eigenvalue weighted by Gasteiger charge is 2.17. The number of hydrogen-bond acceptors (Lipinski definition) is 4. The Hall–Kier alpha value is -3.28. The molecule has 0 unspecified atom stereocenters. The van der Waals surface area contributed by atoms with Crippen LogP contribution in [0.5, 0.6) is 5.75 Å². The van der Waals surface area contributed by atoms with Gasteiger partial charge in [0.2, 0.25) is 0 Å². The number of carbonyl (C=O) groups excluding carboxylic acids is 2. The van der Waals surface area contributed by atoms with Crippen molar-refractivity contribution in [3.63, 3.8) is 0 Å². The largest absolute Gasteiger partial charge is 0.495 e. The summed E-state index contributed by atoms with van der Waals surface area (Å²) in [5.41, 5.74) is 2.88. The number of fused-ring (bicyclic) bond motifs is 1. The lowest BCUT2D eigenvalue weighted by Crippen LogP contribution is -2.21. The Morgan fingerprint density at radius 1 is 1.15 bits per heavy atom. The van der Waals surface area contributed by atoms with Gasteiger partial charge in [-0.05, 0) is 30.7 Å². The molecule has 3 aromatic rings. The van der Waals surface area contributed by atoms with Crippen LogP contribution in [0, 0.1) is 6.92 Å². The maximum absolute atomic E-state index is 12.4. The van der Waals surface area contributed by atoms with Crippen LogP contribution in [-0.4, -0.2) is 30.2 Å². The van der Waals surface area contributed by atoms with Crippen LogP contribution < -0.4 is 10.1 Å². The molecule has 0 spiro atoms. The standard InChI is InChI=1S/C20H20N2O4/c1-13-8-9-18(25-3)16(10-13)21-19(23)12-26-20(24)15-11-22(2)17-7-5-4-6-14(15)17/h4-11H,12H2,1-3H3,(H,21,23). The Bertz CT molecular complexity index is 975. The number of amides is 1. The highest BCUT2D eigenvalue weighted by molar-refractivity contribution is 6.05. The number of hydrogen-bond donors (Lipinski definition) is 1. The van der Waals surface area contributed by atoms with Gasteiger partial charge in [0.1, 0.15) is 5.75 Å². The number of rotatable bonds is 5. The van der Waals surface area contributed by atoms with E-state index in [1.807, 2.05) is 48.9 Å². The number of methoxy groups -OCH3 is 1. The van der Waals surface area contributed by atoms with Crippen molar-refractivity contribution < 1.29 is 19.1 Å². The van der Waals surface area contributed by atoms with E-state index < -0.39 is 11.9 Å². The number of aryl methyl sites for hydroxylation is 2. The molecule has 1 heterocycles. The molecular formula is C20H20N2O4. The van der Waals surface area contributed by atoms with Crippen LogP contribution in [-0.2, 0) is 16.6 Å². The Kier molecular flexibility index (Phi) is 4.93. The van der Waals surface area contributed by atoms with E-state index in [1.165, 1.54) is 7.11 Å². The summed E-state index contributed by atoms with van der Waals surface area (Å²) in [6, 6.07) is 13.0. The summed E-state index contributed by atoms with van der Waals surface area (Å²) in [6.07, 6.45) is 1.70. The summed E-state index contributed by atoms with van der Waals surface area (Å²) in [4.78, 5) is 24.5. The van der Waals surface area contributed by atoms with E-state index in [2.05, 4.69) is 5.32 Å². The van der Waals surface area contributed by atoms with Gasteiger partial charge >= 0.3 is 5.97 Å². The lowest BCUT2D eigenvalue weighted by Gasteiger charge is -2.11. The van der Waals surface area contributed by atoms with Crippen molar-refractivity contribution in [2.75, 3.05) is 19.0 Å². The highest BCUT2D eigenvalue weighted by Crippen LogP contribution is 2.25. The fourth-order valence-corrected chi connectivity index (χ4v) is 2.82. The van der Waals surface area contributed by atoms with Gasteiger partial charge in [0, 0.05) is 24.1 Å². The predicted octanol–water partition coefficient (Wildman–Crippen LogP) is 3.29. The molecule has 0 saturated carbocycles. The fraction of sp³-hybridized carbons (Fsp3) is 0.200. The van der Waals surface area contributed by atoms with Crippen molar-refractivity contribution in [2.45, 2.75) is 6.92 Å². The summed E-state index contributed by atoms with van der Waals surface area (Å²) < 4.78 is 12.3. The van der Waals surface area contributed by atoms with Crippen LogP contribution in [0.4, 0.5) is 5.69 Å². The summed E-state index contributed by atoms with van der Waals surface area (Å²) in [6.45, 7) is 1.54. The molecular weight excluding hydrogens is 332 g/mol. The number of nitrogens with zero attached hydrogens (tertiary/aromatic N) is 1. The van der Waals surface area contributed by atoms with E-state index in [0.29, 0.717) is 17.0 Å². The van der Waals surface area contributed by atoms with E-state index in [9.17, 15) is 9.59 Å². The number of aromatic nitrogens is 1. The maximum Gasteiger partial charge on any atom is 0.340 e. The second-order valence-electron chi connectivity index (χ2n) is 6.00. The SMILES string of the molecule is COc1ccc(C)cc1NC(=O)COC(=O)c1cn(C)c2ccccc12. The topological polar surface area (TPSA) is 69.6 Å². The molecule has 0 radical (unpaired) electrons. The van der Waals surface area contributed by atoms with Gasteiger partial charge in [0.05, 0.1) is 18.4 Å². The van der Waals surface area contributed by atoms with Crippen molar-refractivity contribution in [1.82, 2.24) is 4.57 Å². The Morgan fingerprint density at radius 3 is 2.69 bits per heavy atom. The third kappa shape index (κ3) is 3.54. The second-order valence-corrected chi connectivity index (χ2v) is 6.00. The van der Waals surface area contributed by atoms with Crippen molar-refractivity contribution in [1.29, 1.82) is 0 Å². The smallest absolute Gasteiger partial charge is 0.340 e. The number of benzene rings is 2. The van der Waals surface area contributed by atoms with Crippen LogP contribution in [0.15, 0.2) is 48.7 Å². The van der Waals surface area contributed by atoms with Crippen LogP contribution in [0.1, 0.15) is 15.9 Å². The molecule has 3 rings (SSSR count). The number of anilines is 1. The first-order valence-electron chi connectivity index (χ1n) is 8.15. The van der Waals surface area contributed by atoms with Gasteiger partial charge in [-0.25, -0.2) is 4.79 Å². The molecule has 1 N–H and O–H groups in total. The lowest BCUT2D eigenvalue weighted by atomic mass is 10.2. The minimum Gasteiger partial charge on any atom is -0.495 e. The Labute approximate surface area is 151 Å². The summed E-state index contributed by atoms with van der Waals surface area (Å²) in [7, 11) is 3.39. The summed E-state index contributed by atoms with van der Waals surface area (Å²) >= 11 is 0. The summed E-state index contributed by atoms with van der Waals surface area (Å²) in [5, 5.41) is 3.50. The molecule has 2 aromatic carbocycles. The number of ether oxygens (including phenoxy) is 2. The number of carbonyl (C=O) groups is 2. The second kappa shape index (κ2) is 7.31. The van der Waals surface area contributed by atoms with Gasteiger partial charge < -0.3 is 19.4 Å². The third-order valence-electron chi connectivity index (χ3n) is 4.08. The summed E-state index contributed by atoms with van der Waals surface area (Å²) in [5.74, 6) is -0.417. The number of nitrogens with one attached hydrogen (secondary N) is 1. The zero-order valence-corrected chi connectivity index (χ0v) is 14.9. The molecule has 1 aromatic heterocycles. The normalized spacial score (nSPS) is 10.6. The average Bonchev–Trinajstić information content (AvgIpc) is 2.97. The van der Waals surface area contributed by atoms with Crippen LogP contribution in [0.25, 0.3) is 10.9 Å². The van der Waals surface area contributed by atoms with Gasteiger partial charge in [-0.1, -0.05) is 24.3 Å². The predicted molar refractivity (Wildman–Crippen MR) is 99.6 cm³/mol. The molecule has 0 saturated heterocycles. The number of esters is 1. The monoisotopic (exact) mass is 352 g/mol. The zero-order valence-electron chi connectivity index (χ0n) is 14.9. The van der Waals surface area contributed by atoms with Crippen LogP contribution in [0.2, 0.25) is 0 Å². The molecule has 134 valence electrons. The molecule has 6 heteroatoms. The average molecular weight is 352 g/mol. The molecule has 0 aliphatic carbocycles. The lowest BCUT2D eigenvalue weighted by molar-refractivity contribution is -0.119. The molecule has 6 nitrogen and oxygen atoms in total. The maximum atomic E-state index is 12.4. The number of para-hydroxylation sites is 1. The molecule has 0 aliphatic heterocycles. The third-order valence-corrected chi connectivity index (χ3v) is 4.08. The first-order chi connectivity index (χ1) is 12.5. The highest BCUT2D eigenvalue weighted by atomic mass is 16.5. The van der Waals surface area contributed by atoms with Gasteiger partial charge in [-0.3, -0.25) is 4.79 Å². The Balaban J connectivity index is 1.68. The zero-order chi connectivity index (χ0) is 18.7. The van der Waals surface area contributed by atoms with Gasteiger partial charge in [-0.15, -0.1) is 0 Å². The minimum atomic E-state index is -0.534. The quantitative estimate of drug-likeness (QED) is 0.716. The molecule has 26 heavy (non-hydrogen) atoms. The van der Waals surface area contributed by atoms with Crippen molar-refractivity contribution in [3.8, 4) is 5.75 Å².